The topological polar surface area (TPSA) is 12.4 Å². The van der Waals surface area contributed by atoms with Crippen LogP contribution in [0.15, 0.2) is 53.5 Å². The monoisotopic (exact) mass is 399 g/mol. The van der Waals surface area contributed by atoms with E-state index < -0.39 is 0 Å². The van der Waals surface area contributed by atoms with Gasteiger partial charge in [-0.25, -0.2) is 0 Å². The number of benzene rings is 2. The second-order valence-corrected chi connectivity index (χ2v) is 3.98. The van der Waals surface area contributed by atoms with E-state index in [1.54, 1.807) is 0 Å². The van der Waals surface area contributed by atoms with E-state index in [-0.39, 0.29) is 20.1 Å². The number of hydrogen-bond acceptors (Lipinski definition) is 1. The van der Waals surface area contributed by atoms with E-state index in [9.17, 15) is 0 Å². The first-order chi connectivity index (χ1) is 7.93. The second-order valence-electron chi connectivity index (χ2n) is 3.98. The minimum atomic E-state index is 0. The first kappa shape index (κ1) is 12.2. The van der Waals surface area contributed by atoms with Gasteiger partial charge in [-0.15, -0.1) is 35.9 Å². The van der Waals surface area contributed by atoms with Gasteiger partial charge >= 0.3 is 0 Å². The van der Waals surface area contributed by atoms with Crippen molar-refractivity contribution in [1.82, 2.24) is 0 Å². The molecule has 2 aromatic carbocycles. The Labute approximate surface area is 115 Å². The van der Waals surface area contributed by atoms with Crippen LogP contribution in [0.2, 0.25) is 0 Å². The van der Waals surface area contributed by atoms with Crippen molar-refractivity contribution in [2.75, 3.05) is 0 Å². The molecule has 0 N–H and O–H groups in total. The van der Waals surface area contributed by atoms with Gasteiger partial charge in [0.05, 0.1) is 6.54 Å². The van der Waals surface area contributed by atoms with E-state index in [0.717, 1.165) is 24.2 Å². The predicted octanol–water partition coefficient (Wildman–Crippen LogP) is 3.03. The van der Waals surface area contributed by atoms with Gasteiger partial charge in [-0.3, -0.25) is 0 Å². The fourth-order valence-corrected chi connectivity index (χ4v) is 2.05. The first-order valence-corrected chi connectivity index (χ1v) is 5.51. The quantitative estimate of drug-likeness (QED) is 0.655. The zero-order valence-electron chi connectivity index (χ0n) is 9.31. The van der Waals surface area contributed by atoms with Crippen LogP contribution >= 0.6 is 0 Å². The summed E-state index contributed by atoms with van der Waals surface area (Å²) in [5.41, 5.74) is 5.02. The second kappa shape index (κ2) is 5.39. The van der Waals surface area contributed by atoms with Crippen LogP contribution in [0.4, 0.5) is 0 Å². The average molecular weight is 398 g/mol. The van der Waals surface area contributed by atoms with Crippen LogP contribution in [0, 0.1) is 6.07 Å². The number of fused-ring (bicyclic) bond motifs is 1. The zero-order valence-corrected chi connectivity index (χ0v) is 11.7. The molecule has 2 aromatic rings. The van der Waals surface area contributed by atoms with Gasteiger partial charge in [-0.2, -0.15) is 0 Å². The largest absolute Gasteiger partial charge is 0.332 e. The van der Waals surface area contributed by atoms with Crippen molar-refractivity contribution in [3.05, 3.63) is 71.3 Å². The summed E-state index contributed by atoms with van der Waals surface area (Å²) >= 11 is 0. The molecule has 0 saturated carbocycles. The number of aliphatic imine (C=N–C) groups is 1. The fraction of sp³-hybridized carbons (Fsp3) is 0.133. The number of nitrogens with zero attached hydrogens (tertiary/aromatic N) is 1. The van der Waals surface area contributed by atoms with Crippen molar-refractivity contribution in [3.63, 3.8) is 0 Å². The molecule has 0 amide bonds. The maximum absolute atomic E-state index is 4.63. The summed E-state index contributed by atoms with van der Waals surface area (Å²) in [6, 6.07) is 19.8. The van der Waals surface area contributed by atoms with E-state index >= 15 is 0 Å². The van der Waals surface area contributed by atoms with Gasteiger partial charge in [0.15, 0.2) is 0 Å². The standard InChI is InChI=1S/C15H12N.Ir/c1-2-6-12(7-3-1)15-10-13-8-4-5-9-14(13)11-16-15;/h1-6,8-9H,10-11H2;/q-1;. The van der Waals surface area contributed by atoms with Gasteiger partial charge < -0.3 is 4.99 Å². The van der Waals surface area contributed by atoms with Crippen molar-refractivity contribution in [3.8, 4) is 0 Å². The van der Waals surface area contributed by atoms with Crippen LogP contribution < -0.4 is 0 Å². The van der Waals surface area contributed by atoms with E-state index in [1.165, 1.54) is 11.1 Å². The Morgan fingerprint density at radius 2 is 1.71 bits per heavy atom. The van der Waals surface area contributed by atoms with E-state index in [4.69, 9.17) is 0 Å². The van der Waals surface area contributed by atoms with Gasteiger partial charge in [-0.05, 0) is 23.3 Å². The Bertz CT molecular complexity index is 532. The molecule has 1 aliphatic rings. The van der Waals surface area contributed by atoms with Crippen LogP contribution in [0.3, 0.4) is 0 Å². The smallest absolute Gasteiger partial charge is 0.0538 e. The molecule has 0 aliphatic carbocycles. The normalized spacial score (nSPS) is 13.3. The number of rotatable bonds is 1. The molecule has 0 atom stereocenters. The molecule has 0 bridgehead atoms. The number of hydrogen-bond donors (Lipinski definition) is 0. The summed E-state index contributed by atoms with van der Waals surface area (Å²) in [5.74, 6) is 0. The molecule has 1 radical (unpaired) electrons. The van der Waals surface area contributed by atoms with Crippen LogP contribution in [0.25, 0.3) is 0 Å². The fourth-order valence-electron chi connectivity index (χ4n) is 2.05. The molecule has 1 heterocycles. The van der Waals surface area contributed by atoms with Crippen molar-refractivity contribution in [2.45, 2.75) is 13.0 Å². The van der Waals surface area contributed by atoms with Gasteiger partial charge in [0.25, 0.3) is 0 Å². The minimum absolute atomic E-state index is 0. The van der Waals surface area contributed by atoms with Crippen molar-refractivity contribution in [1.29, 1.82) is 0 Å². The van der Waals surface area contributed by atoms with E-state index in [1.807, 2.05) is 18.2 Å². The van der Waals surface area contributed by atoms with Gasteiger partial charge in [0.1, 0.15) is 0 Å². The molecule has 0 spiro atoms. The van der Waals surface area contributed by atoms with Crippen LogP contribution in [0.1, 0.15) is 16.7 Å². The first-order valence-electron chi connectivity index (χ1n) is 5.51. The van der Waals surface area contributed by atoms with Crippen molar-refractivity contribution >= 4 is 5.71 Å². The third-order valence-electron chi connectivity index (χ3n) is 2.94. The summed E-state index contributed by atoms with van der Waals surface area (Å²) < 4.78 is 0. The third-order valence-corrected chi connectivity index (χ3v) is 2.94. The molecule has 87 valence electrons. The maximum atomic E-state index is 4.63. The molecule has 1 aliphatic heterocycles. The summed E-state index contributed by atoms with van der Waals surface area (Å²) in [5, 5.41) is 0. The molecule has 0 unspecified atom stereocenters. The van der Waals surface area contributed by atoms with E-state index in [2.05, 4.69) is 41.4 Å². The van der Waals surface area contributed by atoms with Gasteiger partial charge in [0, 0.05) is 20.1 Å². The Morgan fingerprint density at radius 3 is 2.47 bits per heavy atom. The average Bonchev–Trinajstić information content (AvgIpc) is 2.39. The predicted molar refractivity (Wildman–Crippen MR) is 65.7 cm³/mol. The van der Waals surface area contributed by atoms with Crippen LogP contribution in [-0.4, -0.2) is 5.71 Å². The minimum Gasteiger partial charge on any atom is -0.332 e. The summed E-state index contributed by atoms with van der Waals surface area (Å²) in [6.45, 7) is 0.800. The van der Waals surface area contributed by atoms with Gasteiger partial charge in [0.2, 0.25) is 0 Å². The molecule has 2 heteroatoms. The SMILES string of the molecule is [Ir].[c-]1ccccc1C1=NCc2ccccc2C1. The molecule has 17 heavy (non-hydrogen) atoms. The summed E-state index contributed by atoms with van der Waals surface area (Å²) in [6.07, 6.45) is 0.927. The maximum Gasteiger partial charge on any atom is 0.0538 e. The molecule has 1 nitrogen and oxygen atoms in total. The molecule has 3 rings (SSSR count). The zero-order chi connectivity index (χ0) is 10.8. The summed E-state index contributed by atoms with van der Waals surface area (Å²) in [4.78, 5) is 4.63. The van der Waals surface area contributed by atoms with Crippen molar-refractivity contribution < 1.29 is 20.1 Å². The van der Waals surface area contributed by atoms with Crippen LogP contribution in [0.5, 0.6) is 0 Å². The Morgan fingerprint density at radius 1 is 0.941 bits per heavy atom. The Kier molecular flexibility index (Phi) is 3.88. The van der Waals surface area contributed by atoms with E-state index in [0.29, 0.717) is 0 Å². The summed E-state index contributed by atoms with van der Waals surface area (Å²) in [7, 11) is 0. The molecule has 0 saturated heterocycles. The molecular weight excluding hydrogens is 386 g/mol. The molecule has 0 aromatic heterocycles. The van der Waals surface area contributed by atoms with Gasteiger partial charge in [-0.1, -0.05) is 24.3 Å². The molecular formula is C15H12IrN-. The third kappa shape index (κ3) is 2.54. The van der Waals surface area contributed by atoms with Crippen molar-refractivity contribution in [2.24, 2.45) is 4.99 Å². The Balaban J connectivity index is 0.00000108. The van der Waals surface area contributed by atoms with Crippen LogP contribution in [-0.2, 0) is 33.1 Å². The Hall–Kier alpha value is -1.24. The molecule has 0 fully saturated rings.